The standard InChI is InChI=1S/C18H19NO4/c1-21-15-9-18-4-2-5-19(18)6-3-11-7-13-14(23-10-22-13)8-12(11)16(18)17(15)20/h7-9,16H,2-6,10H2,1H3/t16-,18+/m1/s1. The third-order valence-electron chi connectivity index (χ3n) is 5.80. The quantitative estimate of drug-likeness (QED) is 0.794. The van der Waals surface area contributed by atoms with Gasteiger partial charge < -0.3 is 14.2 Å². The molecule has 0 unspecified atom stereocenters. The van der Waals surface area contributed by atoms with Crippen LogP contribution in [-0.2, 0) is 16.0 Å². The van der Waals surface area contributed by atoms with Gasteiger partial charge in [0.15, 0.2) is 17.3 Å². The number of Topliss-reactive ketones (excluding diaryl/α,β-unsaturated/α-hetero) is 1. The number of rotatable bonds is 1. The van der Waals surface area contributed by atoms with Crippen LogP contribution < -0.4 is 9.47 Å². The highest BCUT2D eigenvalue weighted by Crippen LogP contribution is 2.53. The lowest BCUT2D eigenvalue weighted by Gasteiger charge is -2.36. The van der Waals surface area contributed by atoms with Gasteiger partial charge in [0.05, 0.1) is 18.6 Å². The van der Waals surface area contributed by atoms with Crippen LogP contribution in [0, 0.1) is 0 Å². The molecule has 1 aromatic rings. The summed E-state index contributed by atoms with van der Waals surface area (Å²) >= 11 is 0. The first-order valence-electron chi connectivity index (χ1n) is 8.21. The van der Waals surface area contributed by atoms with E-state index in [1.54, 1.807) is 7.11 Å². The van der Waals surface area contributed by atoms with E-state index in [1.807, 2.05) is 6.07 Å². The Hall–Kier alpha value is -2.01. The zero-order valence-corrected chi connectivity index (χ0v) is 13.1. The number of nitrogens with zero attached hydrogens (tertiary/aromatic N) is 1. The Balaban J connectivity index is 1.72. The summed E-state index contributed by atoms with van der Waals surface area (Å²) in [7, 11) is 1.59. The molecule has 1 aliphatic carbocycles. The Kier molecular flexibility index (Phi) is 2.63. The minimum atomic E-state index is -0.221. The van der Waals surface area contributed by atoms with Gasteiger partial charge in [-0.05, 0) is 55.1 Å². The number of benzene rings is 1. The van der Waals surface area contributed by atoms with Gasteiger partial charge in [-0.1, -0.05) is 0 Å². The first-order chi connectivity index (χ1) is 11.2. The molecule has 1 aromatic carbocycles. The molecule has 120 valence electrons. The highest BCUT2D eigenvalue weighted by molar-refractivity contribution is 6.03. The molecule has 1 saturated heterocycles. The SMILES string of the molecule is COC1=C[C@]23CCCN2CCc2cc4c(cc2[C@@H]3C1=O)OCO4. The largest absolute Gasteiger partial charge is 0.493 e. The zero-order chi connectivity index (χ0) is 15.6. The molecule has 0 saturated carbocycles. The van der Waals surface area contributed by atoms with Crippen LogP contribution in [0.25, 0.3) is 0 Å². The van der Waals surface area contributed by atoms with Crippen LogP contribution in [0.2, 0.25) is 0 Å². The molecule has 5 nitrogen and oxygen atoms in total. The maximum atomic E-state index is 13.0. The van der Waals surface area contributed by atoms with Gasteiger partial charge in [-0.15, -0.1) is 0 Å². The normalized spacial score (nSPS) is 31.3. The van der Waals surface area contributed by atoms with Gasteiger partial charge in [0.1, 0.15) is 0 Å². The maximum absolute atomic E-state index is 13.0. The van der Waals surface area contributed by atoms with Crippen LogP contribution in [0.15, 0.2) is 24.0 Å². The van der Waals surface area contributed by atoms with Gasteiger partial charge in [-0.25, -0.2) is 0 Å². The third kappa shape index (κ3) is 1.63. The molecule has 1 fully saturated rings. The third-order valence-corrected chi connectivity index (χ3v) is 5.80. The van der Waals surface area contributed by atoms with Gasteiger partial charge in [-0.2, -0.15) is 0 Å². The summed E-state index contributed by atoms with van der Waals surface area (Å²) in [5.41, 5.74) is 2.07. The Morgan fingerprint density at radius 2 is 2.09 bits per heavy atom. The zero-order valence-electron chi connectivity index (χ0n) is 13.1. The summed E-state index contributed by atoms with van der Waals surface area (Å²) in [6.07, 6.45) is 5.14. The molecule has 23 heavy (non-hydrogen) atoms. The van der Waals surface area contributed by atoms with Crippen molar-refractivity contribution in [3.63, 3.8) is 0 Å². The number of ketones is 1. The minimum absolute atomic E-state index is 0.0985. The van der Waals surface area contributed by atoms with Crippen LogP contribution >= 0.6 is 0 Å². The molecule has 0 N–H and O–H groups in total. The fourth-order valence-electron chi connectivity index (χ4n) is 4.79. The van der Waals surface area contributed by atoms with Crippen LogP contribution in [0.5, 0.6) is 11.5 Å². The number of methoxy groups -OCH3 is 1. The summed E-state index contributed by atoms with van der Waals surface area (Å²) in [5, 5.41) is 0. The van der Waals surface area contributed by atoms with Crippen LogP contribution in [0.1, 0.15) is 29.9 Å². The molecule has 5 heteroatoms. The Morgan fingerprint density at radius 1 is 1.26 bits per heavy atom. The van der Waals surface area contributed by atoms with E-state index in [9.17, 15) is 4.79 Å². The predicted molar refractivity (Wildman–Crippen MR) is 82.6 cm³/mol. The first kappa shape index (κ1) is 13.4. The number of allylic oxidation sites excluding steroid dienone is 1. The fraction of sp³-hybridized carbons (Fsp3) is 0.500. The molecule has 0 bridgehead atoms. The van der Waals surface area contributed by atoms with E-state index in [0.29, 0.717) is 5.76 Å². The lowest BCUT2D eigenvalue weighted by atomic mass is 9.78. The Morgan fingerprint density at radius 3 is 2.91 bits per heavy atom. The van der Waals surface area contributed by atoms with E-state index >= 15 is 0 Å². The molecule has 2 atom stereocenters. The van der Waals surface area contributed by atoms with Crippen LogP contribution in [0.4, 0.5) is 0 Å². The summed E-state index contributed by atoms with van der Waals surface area (Å²) in [4.78, 5) is 15.5. The van der Waals surface area contributed by atoms with Gasteiger partial charge in [0.25, 0.3) is 0 Å². The van der Waals surface area contributed by atoms with Gasteiger partial charge >= 0.3 is 0 Å². The highest BCUT2D eigenvalue weighted by Gasteiger charge is 2.56. The van der Waals surface area contributed by atoms with Crippen molar-refractivity contribution in [2.45, 2.75) is 30.7 Å². The monoisotopic (exact) mass is 313 g/mol. The van der Waals surface area contributed by atoms with Crippen molar-refractivity contribution in [1.29, 1.82) is 0 Å². The number of ether oxygens (including phenoxy) is 3. The van der Waals surface area contributed by atoms with Crippen molar-refractivity contribution in [3.05, 3.63) is 35.1 Å². The van der Waals surface area contributed by atoms with E-state index < -0.39 is 0 Å². The lowest BCUT2D eigenvalue weighted by molar-refractivity contribution is -0.120. The molecule has 0 amide bonds. The highest BCUT2D eigenvalue weighted by atomic mass is 16.7. The maximum Gasteiger partial charge on any atom is 0.231 e. The number of fused-ring (bicyclic) bond motifs is 3. The molecular formula is C18H19NO4. The number of hydrogen-bond acceptors (Lipinski definition) is 5. The van der Waals surface area contributed by atoms with E-state index in [0.717, 1.165) is 49.4 Å². The number of carbonyl (C=O) groups is 1. The minimum Gasteiger partial charge on any atom is -0.493 e. The summed E-state index contributed by atoms with van der Waals surface area (Å²) in [5.74, 6) is 1.97. The topological polar surface area (TPSA) is 48.0 Å². The molecule has 0 radical (unpaired) electrons. The lowest BCUT2D eigenvalue weighted by Crippen LogP contribution is -2.46. The molecule has 3 aliphatic heterocycles. The fourth-order valence-corrected chi connectivity index (χ4v) is 4.79. The smallest absolute Gasteiger partial charge is 0.231 e. The molecule has 1 spiro atoms. The van der Waals surface area contributed by atoms with E-state index in [4.69, 9.17) is 14.2 Å². The second kappa shape index (κ2) is 4.51. The summed E-state index contributed by atoms with van der Waals surface area (Å²) < 4.78 is 16.5. The van der Waals surface area contributed by atoms with Crippen LogP contribution in [0.3, 0.4) is 0 Å². The van der Waals surface area contributed by atoms with Crippen molar-refractivity contribution in [2.24, 2.45) is 0 Å². The average molecular weight is 313 g/mol. The average Bonchev–Trinajstić information content (AvgIpc) is 3.21. The van der Waals surface area contributed by atoms with Crippen molar-refractivity contribution in [2.75, 3.05) is 27.0 Å². The second-order valence-electron chi connectivity index (χ2n) is 6.75. The molecule has 0 aromatic heterocycles. The van der Waals surface area contributed by atoms with Gasteiger partial charge in [0.2, 0.25) is 12.6 Å². The van der Waals surface area contributed by atoms with Crippen molar-refractivity contribution in [3.8, 4) is 11.5 Å². The molecular weight excluding hydrogens is 294 g/mol. The van der Waals surface area contributed by atoms with Gasteiger partial charge in [0, 0.05) is 6.54 Å². The summed E-state index contributed by atoms with van der Waals surface area (Å²) in [6.45, 7) is 2.26. The first-order valence-corrected chi connectivity index (χ1v) is 8.21. The second-order valence-corrected chi connectivity index (χ2v) is 6.75. The van der Waals surface area contributed by atoms with Crippen molar-refractivity contribution in [1.82, 2.24) is 4.90 Å². The van der Waals surface area contributed by atoms with Gasteiger partial charge in [-0.3, -0.25) is 9.69 Å². The van der Waals surface area contributed by atoms with E-state index in [2.05, 4.69) is 17.0 Å². The number of hydrogen-bond donors (Lipinski definition) is 0. The Bertz CT molecular complexity index is 741. The van der Waals surface area contributed by atoms with Crippen molar-refractivity contribution < 1.29 is 19.0 Å². The molecule has 4 aliphatic rings. The summed E-state index contributed by atoms with van der Waals surface area (Å²) in [6, 6.07) is 4.09. The molecule has 5 rings (SSSR count). The predicted octanol–water partition coefficient (Wildman–Crippen LogP) is 2.00. The van der Waals surface area contributed by atoms with E-state index in [-0.39, 0.29) is 24.0 Å². The van der Waals surface area contributed by atoms with Crippen molar-refractivity contribution >= 4 is 5.78 Å². The Labute approximate surface area is 134 Å². The number of carbonyl (C=O) groups excluding carboxylic acids is 1. The molecule has 3 heterocycles. The van der Waals surface area contributed by atoms with E-state index in [1.165, 1.54) is 5.56 Å². The van der Waals surface area contributed by atoms with Crippen LogP contribution in [-0.4, -0.2) is 43.2 Å².